The maximum Gasteiger partial charge on any atom is 0.336 e. The van der Waals surface area contributed by atoms with E-state index < -0.39 is 0 Å². The van der Waals surface area contributed by atoms with Gasteiger partial charge in [0.2, 0.25) is 0 Å². The Balaban J connectivity index is 2.09. The van der Waals surface area contributed by atoms with E-state index in [4.69, 9.17) is 4.74 Å². The van der Waals surface area contributed by atoms with E-state index in [0.717, 1.165) is 17.8 Å². The molecule has 0 saturated carbocycles. The van der Waals surface area contributed by atoms with Crippen LogP contribution in [0.3, 0.4) is 0 Å². The van der Waals surface area contributed by atoms with Crippen LogP contribution in [-0.2, 0) is 9.53 Å². The van der Waals surface area contributed by atoms with Crippen LogP contribution in [0.2, 0.25) is 0 Å². The van der Waals surface area contributed by atoms with Crippen molar-refractivity contribution in [2.75, 3.05) is 18.1 Å². The van der Waals surface area contributed by atoms with Crippen molar-refractivity contribution >= 4 is 11.7 Å². The summed E-state index contributed by atoms with van der Waals surface area (Å²) >= 11 is 0. The molecular formula is C22H25NO2. The molecule has 0 aliphatic carbocycles. The summed E-state index contributed by atoms with van der Waals surface area (Å²) in [6, 6.07) is 20.4. The lowest BCUT2D eigenvalue weighted by Gasteiger charge is -2.44. The van der Waals surface area contributed by atoms with Crippen molar-refractivity contribution < 1.29 is 9.53 Å². The third kappa shape index (κ3) is 3.60. The number of nitrogens with zero attached hydrogens (tertiary/aromatic N) is 1. The van der Waals surface area contributed by atoms with Gasteiger partial charge in [-0.2, -0.15) is 0 Å². The monoisotopic (exact) mass is 335 g/mol. The van der Waals surface area contributed by atoms with E-state index in [9.17, 15) is 4.79 Å². The molecule has 1 heterocycles. The predicted molar refractivity (Wildman–Crippen MR) is 101 cm³/mol. The van der Waals surface area contributed by atoms with E-state index in [1.807, 2.05) is 49.5 Å². The molecule has 25 heavy (non-hydrogen) atoms. The van der Waals surface area contributed by atoms with Crippen molar-refractivity contribution in [1.29, 1.82) is 0 Å². The average Bonchev–Trinajstić information content (AvgIpc) is 2.62. The fraction of sp³-hybridized carbons (Fsp3) is 0.318. The molecule has 2 aromatic rings. The highest BCUT2D eigenvalue weighted by Gasteiger charge is 2.41. The molecule has 0 spiro atoms. The highest BCUT2D eigenvalue weighted by Crippen LogP contribution is 2.46. The molecular weight excluding hydrogens is 310 g/mol. The van der Waals surface area contributed by atoms with Crippen LogP contribution in [0.5, 0.6) is 0 Å². The van der Waals surface area contributed by atoms with Crippen molar-refractivity contribution in [2.24, 2.45) is 5.41 Å². The first-order valence-corrected chi connectivity index (χ1v) is 8.78. The highest BCUT2D eigenvalue weighted by molar-refractivity contribution is 5.91. The van der Waals surface area contributed by atoms with Crippen LogP contribution >= 0.6 is 0 Å². The second-order valence-electron chi connectivity index (χ2n) is 7.10. The summed E-state index contributed by atoms with van der Waals surface area (Å²) in [6.07, 6.45) is 1.97. The van der Waals surface area contributed by atoms with E-state index in [1.165, 1.54) is 0 Å². The van der Waals surface area contributed by atoms with E-state index >= 15 is 0 Å². The molecule has 3 heteroatoms. The Morgan fingerprint density at radius 3 is 2.28 bits per heavy atom. The second-order valence-corrected chi connectivity index (χ2v) is 7.10. The molecule has 0 fully saturated rings. The first-order valence-electron chi connectivity index (χ1n) is 8.78. The van der Waals surface area contributed by atoms with Gasteiger partial charge in [0, 0.05) is 24.4 Å². The molecule has 130 valence electrons. The number of carbonyl (C=O) groups is 1. The lowest BCUT2D eigenvalue weighted by Crippen LogP contribution is -2.42. The number of hydrogen-bond donors (Lipinski definition) is 0. The van der Waals surface area contributed by atoms with Crippen LogP contribution in [0.25, 0.3) is 0 Å². The molecule has 2 aromatic carbocycles. The molecule has 0 radical (unpaired) electrons. The van der Waals surface area contributed by atoms with Gasteiger partial charge in [0.15, 0.2) is 0 Å². The van der Waals surface area contributed by atoms with Gasteiger partial charge in [-0.25, -0.2) is 4.79 Å². The zero-order valence-electron chi connectivity index (χ0n) is 15.1. The van der Waals surface area contributed by atoms with Crippen LogP contribution in [0.15, 0.2) is 72.4 Å². The largest absolute Gasteiger partial charge is 0.463 e. The zero-order valence-corrected chi connectivity index (χ0v) is 15.1. The molecule has 0 aromatic heterocycles. The Morgan fingerprint density at radius 2 is 1.68 bits per heavy atom. The summed E-state index contributed by atoms with van der Waals surface area (Å²) in [4.78, 5) is 14.9. The minimum atomic E-state index is -0.231. The SMILES string of the molecule is CCOC(=O)C1=CN(c2ccccc2)CC(C)(C)C1c1ccccc1. The number of rotatable bonds is 4. The van der Waals surface area contributed by atoms with Gasteiger partial charge >= 0.3 is 5.97 Å². The number of para-hydroxylation sites is 1. The Hall–Kier alpha value is -2.55. The van der Waals surface area contributed by atoms with Crippen molar-refractivity contribution in [2.45, 2.75) is 26.7 Å². The Labute approximate surface area is 149 Å². The van der Waals surface area contributed by atoms with E-state index in [1.54, 1.807) is 0 Å². The fourth-order valence-corrected chi connectivity index (χ4v) is 3.69. The van der Waals surface area contributed by atoms with Crippen molar-refractivity contribution in [3.63, 3.8) is 0 Å². The van der Waals surface area contributed by atoms with Gasteiger partial charge in [0.25, 0.3) is 0 Å². The van der Waals surface area contributed by atoms with Gasteiger partial charge < -0.3 is 9.64 Å². The molecule has 1 aliphatic heterocycles. The van der Waals surface area contributed by atoms with Crippen molar-refractivity contribution in [1.82, 2.24) is 0 Å². The minimum Gasteiger partial charge on any atom is -0.463 e. The number of hydrogen-bond acceptors (Lipinski definition) is 3. The average molecular weight is 335 g/mol. The second kappa shape index (κ2) is 7.14. The smallest absolute Gasteiger partial charge is 0.336 e. The summed E-state index contributed by atoms with van der Waals surface area (Å²) in [5, 5.41) is 0. The summed E-state index contributed by atoms with van der Waals surface area (Å²) in [6.45, 7) is 7.49. The molecule has 0 bridgehead atoms. The van der Waals surface area contributed by atoms with Crippen LogP contribution < -0.4 is 4.90 Å². The van der Waals surface area contributed by atoms with Gasteiger partial charge in [-0.15, -0.1) is 0 Å². The molecule has 1 atom stereocenters. The Kier molecular flexibility index (Phi) is 4.93. The highest BCUT2D eigenvalue weighted by atomic mass is 16.5. The number of anilines is 1. The van der Waals surface area contributed by atoms with Crippen LogP contribution in [0.4, 0.5) is 5.69 Å². The fourth-order valence-electron chi connectivity index (χ4n) is 3.69. The Bertz CT molecular complexity index is 750. The Morgan fingerprint density at radius 1 is 1.08 bits per heavy atom. The van der Waals surface area contributed by atoms with Gasteiger partial charge in [-0.05, 0) is 30.0 Å². The normalized spacial score (nSPS) is 19.2. The van der Waals surface area contributed by atoms with Crippen LogP contribution in [0.1, 0.15) is 32.3 Å². The summed E-state index contributed by atoms with van der Waals surface area (Å²) in [5.74, 6) is -0.224. The summed E-state index contributed by atoms with van der Waals surface area (Å²) in [5.41, 5.74) is 2.84. The lowest BCUT2D eigenvalue weighted by molar-refractivity contribution is -0.139. The standard InChI is InChI=1S/C22H25NO2/c1-4-25-21(24)19-15-23(18-13-9-6-10-14-18)16-22(2,3)20(19)17-11-7-5-8-12-17/h5-15,20H,4,16H2,1-3H3. The van der Waals surface area contributed by atoms with Gasteiger partial charge in [0.1, 0.15) is 0 Å². The topological polar surface area (TPSA) is 29.5 Å². The van der Waals surface area contributed by atoms with E-state index in [-0.39, 0.29) is 17.3 Å². The van der Waals surface area contributed by atoms with Gasteiger partial charge in [-0.1, -0.05) is 62.4 Å². The van der Waals surface area contributed by atoms with E-state index in [0.29, 0.717) is 12.2 Å². The molecule has 0 amide bonds. The van der Waals surface area contributed by atoms with Crippen molar-refractivity contribution in [3.8, 4) is 0 Å². The first-order chi connectivity index (χ1) is 12.0. The van der Waals surface area contributed by atoms with Gasteiger partial charge in [-0.3, -0.25) is 0 Å². The molecule has 1 unspecified atom stereocenters. The quantitative estimate of drug-likeness (QED) is 0.754. The molecule has 1 aliphatic rings. The van der Waals surface area contributed by atoms with Gasteiger partial charge in [0.05, 0.1) is 12.2 Å². The predicted octanol–water partition coefficient (Wildman–Crippen LogP) is 4.76. The lowest BCUT2D eigenvalue weighted by atomic mass is 9.69. The van der Waals surface area contributed by atoms with E-state index in [2.05, 4.69) is 43.0 Å². The third-order valence-electron chi connectivity index (χ3n) is 4.70. The summed E-state index contributed by atoms with van der Waals surface area (Å²) < 4.78 is 5.38. The summed E-state index contributed by atoms with van der Waals surface area (Å²) in [7, 11) is 0. The zero-order chi connectivity index (χ0) is 17.9. The third-order valence-corrected chi connectivity index (χ3v) is 4.70. The molecule has 0 N–H and O–H groups in total. The van der Waals surface area contributed by atoms with Crippen LogP contribution in [-0.4, -0.2) is 19.1 Å². The number of ether oxygens (including phenoxy) is 1. The minimum absolute atomic E-state index is 0.00714. The number of carbonyl (C=O) groups excluding carboxylic acids is 1. The molecule has 0 saturated heterocycles. The first kappa shape index (κ1) is 17.3. The maximum absolute atomic E-state index is 12.7. The van der Waals surface area contributed by atoms with Crippen molar-refractivity contribution in [3.05, 3.63) is 78.0 Å². The van der Waals surface area contributed by atoms with Crippen LogP contribution in [0, 0.1) is 5.41 Å². The number of esters is 1. The molecule has 3 rings (SSSR count). The maximum atomic E-state index is 12.7. The number of benzene rings is 2. The molecule has 3 nitrogen and oxygen atoms in total.